The van der Waals surface area contributed by atoms with Gasteiger partial charge in [-0.05, 0) is 30.7 Å². The molecule has 0 amide bonds. The number of fused-ring (bicyclic) bond motifs is 1. The van der Waals surface area contributed by atoms with E-state index in [-0.39, 0.29) is 6.04 Å². The minimum absolute atomic E-state index is 0.0612. The molecule has 1 unspecified atom stereocenters. The van der Waals surface area contributed by atoms with Crippen LogP contribution in [0.15, 0.2) is 42.7 Å². The molecule has 0 saturated heterocycles. The van der Waals surface area contributed by atoms with Crippen molar-refractivity contribution in [3.63, 3.8) is 0 Å². The Hall–Kier alpha value is -2.07. The van der Waals surface area contributed by atoms with Crippen molar-refractivity contribution in [3.8, 4) is 0 Å². The van der Waals surface area contributed by atoms with Crippen LogP contribution < -0.4 is 5.73 Å². The van der Waals surface area contributed by atoms with Crippen molar-refractivity contribution in [1.29, 1.82) is 0 Å². The summed E-state index contributed by atoms with van der Waals surface area (Å²) in [6.45, 7) is 2.07. The van der Waals surface area contributed by atoms with E-state index in [0.29, 0.717) is 11.0 Å². The third kappa shape index (κ3) is 2.04. The normalized spacial score (nSPS) is 12.7. The fourth-order valence-electron chi connectivity index (χ4n) is 2.29. The number of hydrogen-bond donors (Lipinski definition) is 1. The highest BCUT2D eigenvalue weighted by molar-refractivity contribution is 6.30. The van der Waals surface area contributed by atoms with Crippen molar-refractivity contribution in [2.75, 3.05) is 5.73 Å². The second-order valence-electron chi connectivity index (χ2n) is 4.44. The number of imidazole rings is 1. The SMILES string of the molecule is CC(c1cccc(Cl)c1)n1c(N)nc2cnccc21. The van der Waals surface area contributed by atoms with Gasteiger partial charge in [-0.1, -0.05) is 23.7 Å². The standard InChI is InChI=1S/C14H13ClN4/c1-9(10-3-2-4-11(15)7-10)19-13-5-6-17-8-12(13)18-14(19)16/h2-9H,1H3,(H2,16,18). The Balaban J connectivity index is 2.16. The summed E-state index contributed by atoms with van der Waals surface area (Å²) in [7, 11) is 0. The molecule has 0 aliphatic heterocycles. The molecule has 2 N–H and O–H groups in total. The van der Waals surface area contributed by atoms with Crippen molar-refractivity contribution in [1.82, 2.24) is 14.5 Å². The van der Waals surface area contributed by atoms with Crippen molar-refractivity contribution >= 4 is 28.6 Å². The first-order valence-electron chi connectivity index (χ1n) is 5.99. The number of pyridine rings is 1. The van der Waals surface area contributed by atoms with Crippen LogP contribution in [0.2, 0.25) is 5.02 Å². The van der Waals surface area contributed by atoms with Crippen LogP contribution in [0.5, 0.6) is 0 Å². The molecule has 3 aromatic rings. The van der Waals surface area contributed by atoms with E-state index in [2.05, 4.69) is 16.9 Å². The lowest BCUT2D eigenvalue weighted by atomic mass is 10.1. The molecular weight excluding hydrogens is 260 g/mol. The van der Waals surface area contributed by atoms with Gasteiger partial charge in [0, 0.05) is 11.2 Å². The fraction of sp³-hybridized carbons (Fsp3) is 0.143. The molecule has 2 heterocycles. The molecule has 5 heteroatoms. The summed E-state index contributed by atoms with van der Waals surface area (Å²) in [4.78, 5) is 8.39. The van der Waals surface area contributed by atoms with E-state index in [1.54, 1.807) is 12.4 Å². The molecule has 3 rings (SSSR count). The zero-order valence-corrected chi connectivity index (χ0v) is 11.2. The van der Waals surface area contributed by atoms with Crippen molar-refractivity contribution < 1.29 is 0 Å². The molecule has 0 radical (unpaired) electrons. The monoisotopic (exact) mass is 272 g/mol. The maximum Gasteiger partial charge on any atom is 0.201 e. The zero-order valence-electron chi connectivity index (χ0n) is 10.4. The molecule has 0 aliphatic rings. The lowest BCUT2D eigenvalue weighted by Gasteiger charge is -2.16. The van der Waals surface area contributed by atoms with Crippen LogP contribution in [0.1, 0.15) is 18.5 Å². The first-order valence-corrected chi connectivity index (χ1v) is 6.37. The van der Waals surface area contributed by atoms with Gasteiger partial charge in [0.2, 0.25) is 5.95 Å². The number of hydrogen-bond acceptors (Lipinski definition) is 3. The van der Waals surface area contributed by atoms with Crippen LogP contribution in [0.25, 0.3) is 11.0 Å². The van der Waals surface area contributed by atoms with Gasteiger partial charge in [-0.2, -0.15) is 0 Å². The highest BCUT2D eigenvalue weighted by Gasteiger charge is 2.15. The number of rotatable bonds is 2. The van der Waals surface area contributed by atoms with Crippen molar-refractivity contribution in [3.05, 3.63) is 53.3 Å². The van der Waals surface area contributed by atoms with Gasteiger partial charge < -0.3 is 10.3 Å². The molecule has 0 spiro atoms. The molecule has 0 fully saturated rings. The Bertz CT molecular complexity index is 735. The molecule has 2 aromatic heterocycles. The van der Waals surface area contributed by atoms with Crippen LogP contribution in [0.3, 0.4) is 0 Å². The van der Waals surface area contributed by atoms with Gasteiger partial charge in [0.15, 0.2) is 0 Å². The highest BCUT2D eigenvalue weighted by Crippen LogP contribution is 2.27. The van der Waals surface area contributed by atoms with Gasteiger partial charge in [0.05, 0.1) is 17.8 Å². The highest BCUT2D eigenvalue weighted by atomic mass is 35.5. The Labute approximate surface area is 115 Å². The molecule has 1 aromatic carbocycles. The summed E-state index contributed by atoms with van der Waals surface area (Å²) in [6.07, 6.45) is 3.46. The van der Waals surface area contributed by atoms with E-state index in [1.165, 1.54) is 0 Å². The predicted octanol–water partition coefficient (Wildman–Crippen LogP) is 3.28. The largest absolute Gasteiger partial charge is 0.369 e. The smallest absolute Gasteiger partial charge is 0.201 e. The Morgan fingerprint density at radius 3 is 2.95 bits per heavy atom. The van der Waals surface area contributed by atoms with Gasteiger partial charge >= 0.3 is 0 Å². The van der Waals surface area contributed by atoms with E-state index < -0.39 is 0 Å². The van der Waals surface area contributed by atoms with E-state index >= 15 is 0 Å². The van der Waals surface area contributed by atoms with Gasteiger partial charge in [-0.25, -0.2) is 4.98 Å². The predicted molar refractivity (Wildman–Crippen MR) is 77.2 cm³/mol. The molecule has 0 bridgehead atoms. The molecule has 19 heavy (non-hydrogen) atoms. The van der Waals surface area contributed by atoms with Crippen molar-refractivity contribution in [2.24, 2.45) is 0 Å². The topological polar surface area (TPSA) is 56.7 Å². The summed E-state index contributed by atoms with van der Waals surface area (Å²) < 4.78 is 1.99. The van der Waals surface area contributed by atoms with Gasteiger partial charge in [-0.3, -0.25) is 4.98 Å². The minimum Gasteiger partial charge on any atom is -0.369 e. The number of nitrogen functional groups attached to an aromatic ring is 1. The second-order valence-corrected chi connectivity index (χ2v) is 4.87. The van der Waals surface area contributed by atoms with E-state index in [9.17, 15) is 0 Å². The number of anilines is 1. The molecular formula is C14H13ClN4. The zero-order chi connectivity index (χ0) is 13.4. The van der Waals surface area contributed by atoms with E-state index in [1.807, 2.05) is 34.9 Å². The first kappa shape index (κ1) is 12.0. The number of benzene rings is 1. The van der Waals surface area contributed by atoms with Crippen LogP contribution in [-0.2, 0) is 0 Å². The summed E-state index contributed by atoms with van der Waals surface area (Å²) >= 11 is 6.04. The van der Waals surface area contributed by atoms with Gasteiger partial charge in [-0.15, -0.1) is 0 Å². The van der Waals surface area contributed by atoms with Gasteiger partial charge in [0.1, 0.15) is 5.52 Å². The maximum absolute atomic E-state index is 6.04. The molecule has 0 saturated carbocycles. The average Bonchev–Trinajstić information content (AvgIpc) is 2.74. The van der Waals surface area contributed by atoms with Crippen LogP contribution >= 0.6 is 11.6 Å². The van der Waals surface area contributed by atoms with Crippen LogP contribution in [-0.4, -0.2) is 14.5 Å². The second kappa shape index (κ2) is 4.55. The summed E-state index contributed by atoms with van der Waals surface area (Å²) in [5, 5.41) is 0.717. The minimum atomic E-state index is 0.0612. The van der Waals surface area contributed by atoms with Gasteiger partial charge in [0.25, 0.3) is 0 Å². The number of nitrogens with zero attached hydrogens (tertiary/aromatic N) is 3. The van der Waals surface area contributed by atoms with Crippen molar-refractivity contribution in [2.45, 2.75) is 13.0 Å². The average molecular weight is 273 g/mol. The fourth-order valence-corrected chi connectivity index (χ4v) is 2.49. The first-order chi connectivity index (χ1) is 9.16. The third-order valence-corrected chi connectivity index (χ3v) is 3.47. The summed E-state index contributed by atoms with van der Waals surface area (Å²) in [5.41, 5.74) is 8.89. The number of halogens is 1. The molecule has 0 aliphatic carbocycles. The Morgan fingerprint density at radius 2 is 2.16 bits per heavy atom. The Kier molecular flexibility index (Phi) is 2.87. The molecule has 96 valence electrons. The molecule has 1 atom stereocenters. The summed E-state index contributed by atoms with van der Waals surface area (Å²) in [5.74, 6) is 0.482. The summed E-state index contributed by atoms with van der Waals surface area (Å²) in [6, 6.07) is 9.75. The number of aromatic nitrogens is 3. The maximum atomic E-state index is 6.04. The molecule has 4 nitrogen and oxygen atoms in total. The quantitative estimate of drug-likeness (QED) is 0.779. The number of nitrogens with two attached hydrogens (primary N) is 1. The van der Waals surface area contributed by atoms with E-state index in [4.69, 9.17) is 17.3 Å². The van der Waals surface area contributed by atoms with Crippen LogP contribution in [0.4, 0.5) is 5.95 Å². The lowest BCUT2D eigenvalue weighted by molar-refractivity contribution is 0.668. The Morgan fingerprint density at radius 1 is 1.32 bits per heavy atom. The third-order valence-electron chi connectivity index (χ3n) is 3.24. The lowest BCUT2D eigenvalue weighted by Crippen LogP contribution is -2.10. The van der Waals surface area contributed by atoms with E-state index in [0.717, 1.165) is 16.6 Å². The van der Waals surface area contributed by atoms with Crippen LogP contribution in [0, 0.1) is 0 Å².